The SMILES string of the molecule is CCCCCCN1CCN(CN2C(=O)CN(C(C)C(C)N3CC(=O)N(CN4CCN(CCCCCC)CC4)C(=O)C3)CC2=O)CC1. The number of piperazine rings is 4. The first-order valence-electron chi connectivity index (χ1n) is 18.2. The highest BCUT2D eigenvalue weighted by Crippen LogP contribution is 2.19. The van der Waals surface area contributed by atoms with Crippen LogP contribution in [0.2, 0.25) is 0 Å². The quantitative estimate of drug-likeness (QED) is 0.171. The molecule has 4 saturated heterocycles. The Balaban J connectivity index is 1.18. The van der Waals surface area contributed by atoms with Crippen molar-refractivity contribution in [3.63, 3.8) is 0 Å². The summed E-state index contributed by atoms with van der Waals surface area (Å²) in [5.41, 5.74) is 0. The minimum atomic E-state index is -0.171. The Kier molecular flexibility index (Phi) is 14.9. The molecular weight excluding hydrogens is 584 g/mol. The smallest absolute Gasteiger partial charge is 0.244 e. The van der Waals surface area contributed by atoms with E-state index in [2.05, 4.69) is 33.4 Å². The Hall–Kier alpha value is -1.96. The lowest BCUT2D eigenvalue weighted by molar-refractivity contribution is -0.160. The Labute approximate surface area is 277 Å². The van der Waals surface area contributed by atoms with Crippen LogP contribution in [-0.2, 0) is 19.2 Å². The van der Waals surface area contributed by atoms with Gasteiger partial charge in [0.25, 0.3) is 0 Å². The van der Waals surface area contributed by atoms with E-state index in [-0.39, 0.29) is 61.9 Å². The maximum absolute atomic E-state index is 13.2. The minimum Gasteiger partial charge on any atom is -0.301 e. The van der Waals surface area contributed by atoms with Gasteiger partial charge in [0.1, 0.15) is 0 Å². The van der Waals surface area contributed by atoms with Gasteiger partial charge in [-0.25, -0.2) is 0 Å². The topological polar surface area (TPSA) is 94.2 Å². The van der Waals surface area contributed by atoms with E-state index >= 15 is 0 Å². The molecule has 0 radical (unpaired) electrons. The van der Waals surface area contributed by atoms with E-state index in [9.17, 15) is 19.2 Å². The average Bonchev–Trinajstić information content (AvgIpc) is 3.05. The van der Waals surface area contributed by atoms with Gasteiger partial charge in [-0.1, -0.05) is 52.4 Å². The van der Waals surface area contributed by atoms with Crippen molar-refractivity contribution >= 4 is 23.6 Å². The van der Waals surface area contributed by atoms with Crippen LogP contribution in [0.25, 0.3) is 0 Å². The number of hydrogen-bond acceptors (Lipinski definition) is 10. The predicted molar refractivity (Wildman–Crippen MR) is 180 cm³/mol. The van der Waals surface area contributed by atoms with Gasteiger partial charge in [0.15, 0.2) is 0 Å². The lowest BCUT2D eigenvalue weighted by Gasteiger charge is -2.45. The van der Waals surface area contributed by atoms with E-state index in [1.54, 1.807) is 0 Å². The molecule has 4 aliphatic rings. The highest BCUT2D eigenvalue weighted by molar-refractivity contribution is 6.00. The number of rotatable bonds is 17. The molecule has 0 aromatic rings. The molecule has 12 nitrogen and oxygen atoms in total. The summed E-state index contributed by atoms with van der Waals surface area (Å²) < 4.78 is 0. The molecule has 4 heterocycles. The van der Waals surface area contributed by atoms with Crippen molar-refractivity contribution in [2.75, 3.05) is 105 Å². The van der Waals surface area contributed by atoms with Crippen LogP contribution in [0, 0.1) is 0 Å². The van der Waals surface area contributed by atoms with Crippen molar-refractivity contribution in [2.24, 2.45) is 0 Å². The fourth-order valence-electron chi connectivity index (χ4n) is 7.16. The van der Waals surface area contributed by atoms with Gasteiger partial charge in [-0.3, -0.25) is 48.6 Å². The number of carbonyl (C=O) groups excluding carboxylic acids is 4. The first-order chi connectivity index (χ1) is 22.2. The van der Waals surface area contributed by atoms with Crippen LogP contribution < -0.4 is 0 Å². The molecule has 2 unspecified atom stereocenters. The second-order valence-corrected chi connectivity index (χ2v) is 14.0. The Morgan fingerprint density at radius 2 is 0.761 bits per heavy atom. The second-order valence-electron chi connectivity index (χ2n) is 14.0. The van der Waals surface area contributed by atoms with Crippen LogP contribution in [0.4, 0.5) is 0 Å². The van der Waals surface area contributed by atoms with Crippen molar-refractivity contribution < 1.29 is 19.2 Å². The van der Waals surface area contributed by atoms with E-state index in [1.165, 1.54) is 61.2 Å². The summed E-state index contributed by atoms with van der Waals surface area (Å²) in [5.74, 6) is -0.684. The fourth-order valence-corrected chi connectivity index (χ4v) is 7.16. The molecule has 0 saturated carbocycles. The average molecular weight is 647 g/mol. The summed E-state index contributed by atoms with van der Waals surface area (Å²) in [5, 5.41) is 0. The second kappa shape index (κ2) is 18.5. The van der Waals surface area contributed by atoms with E-state index in [0.29, 0.717) is 13.3 Å². The lowest BCUT2D eigenvalue weighted by atomic mass is 10.1. The summed E-state index contributed by atoms with van der Waals surface area (Å²) in [6.07, 6.45) is 10.1. The zero-order valence-corrected chi connectivity index (χ0v) is 29.3. The first-order valence-corrected chi connectivity index (χ1v) is 18.2. The summed E-state index contributed by atoms with van der Waals surface area (Å²) in [7, 11) is 0. The van der Waals surface area contributed by atoms with Crippen LogP contribution in [0.15, 0.2) is 0 Å². The number of amides is 4. The van der Waals surface area contributed by atoms with Crippen LogP contribution in [0.1, 0.15) is 79.1 Å². The van der Waals surface area contributed by atoms with E-state index in [4.69, 9.17) is 0 Å². The Bertz CT molecular complexity index is 884. The molecule has 0 bridgehead atoms. The molecular formula is C34H62N8O4. The molecule has 262 valence electrons. The third-order valence-electron chi connectivity index (χ3n) is 10.7. The van der Waals surface area contributed by atoms with Crippen LogP contribution in [-0.4, -0.2) is 180 Å². The number of imide groups is 2. The molecule has 0 aromatic carbocycles. The van der Waals surface area contributed by atoms with E-state index < -0.39 is 0 Å². The molecule has 0 aromatic heterocycles. The molecule has 4 amide bonds. The van der Waals surface area contributed by atoms with Gasteiger partial charge < -0.3 is 9.80 Å². The van der Waals surface area contributed by atoms with Crippen molar-refractivity contribution in [3.05, 3.63) is 0 Å². The highest BCUT2D eigenvalue weighted by atomic mass is 16.2. The molecule has 4 aliphatic heterocycles. The maximum atomic E-state index is 13.2. The standard InChI is InChI=1S/C34H62N8O4/c1-5-7-9-11-13-35-15-19-37(20-16-35)27-41-31(43)23-39(24-32(41)44)29(3)30(4)40-25-33(45)42(34(46)26-40)28-38-21-17-36(18-22-38)14-12-10-8-6-2/h29-30H,5-28H2,1-4H3. The zero-order chi connectivity index (χ0) is 33.1. The van der Waals surface area contributed by atoms with Crippen molar-refractivity contribution in [3.8, 4) is 0 Å². The third kappa shape index (κ3) is 10.5. The van der Waals surface area contributed by atoms with Crippen molar-refractivity contribution in [2.45, 2.75) is 91.1 Å². The van der Waals surface area contributed by atoms with Gasteiger partial charge in [-0.2, -0.15) is 0 Å². The van der Waals surface area contributed by atoms with E-state index in [1.807, 2.05) is 23.6 Å². The Morgan fingerprint density at radius 3 is 1.07 bits per heavy atom. The van der Waals surface area contributed by atoms with E-state index in [0.717, 1.165) is 65.4 Å². The van der Waals surface area contributed by atoms with Crippen LogP contribution in [0.3, 0.4) is 0 Å². The summed E-state index contributed by atoms with van der Waals surface area (Å²) in [6.45, 7) is 19.5. The minimum absolute atomic E-state index is 0.163. The first kappa shape index (κ1) is 36.9. The number of unbranched alkanes of at least 4 members (excludes halogenated alkanes) is 6. The van der Waals surface area contributed by atoms with Gasteiger partial charge in [0, 0.05) is 64.4 Å². The Morgan fingerprint density at radius 1 is 0.457 bits per heavy atom. The molecule has 2 atom stereocenters. The van der Waals surface area contributed by atoms with Gasteiger partial charge >= 0.3 is 0 Å². The monoisotopic (exact) mass is 646 g/mol. The summed E-state index contributed by atoms with van der Waals surface area (Å²) in [6, 6.07) is -0.326. The third-order valence-corrected chi connectivity index (χ3v) is 10.7. The lowest BCUT2D eigenvalue weighted by Crippen LogP contribution is -2.64. The molecule has 0 N–H and O–H groups in total. The number of hydrogen-bond donors (Lipinski definition) is 0. The van der Waals surface area contributed by atoms with Gasteiger partial charge in [-0.05, 0) is 39.8 Å². The largest absolute Gasteiger partial charge is 0.301 e. The molecule has 4 rings (SSSR count). The van der Waals surface area contributed by atoms with Crippen molar-refractivity contribution in [1.82, 2.24) is 39.2 Å². The zero-order valence-electron chi connectivity index (χ0n) is 29.3. The molecule has 46 heavy (non-hydrogen) atoms. The molecule has 12 heteroatoms. The molecule has 0 spiro atoms. The maximum Gasteiger partial charge on any atom is 0.244 e. The van der Waals surface area contributed by atoms with Crippen LogP contribution >= 0.6 is 0 Å². The molecule has 4 fully saturated rings. The van der Waals surface area contributed by atoms with Gasteiger partial charge in [0.2, 0.25) is 23.6 Å². The van der Waals surface area contributed by atoms with Gasteiger partial charge in [0.05, 0.1) is 39.5 Å². The predicted octanol–water partition coefficient (Wildman–Crippen LogP) is 1.42. The summed E-state index contributed by atoms with van der Waals surface area (Å²) in [4.78, 5) is 68.8. The number of nitrogens with zero attached hydrogens (tertiary/aromatic N) is 8. The normalized spacial score (nSPS) is 23.9. The highest BCUT2D eigenvalue weighted by Gasteiger charge is 2.40. The number of carbonyl (C=O) groups is 4. The summed E-state index contributed by atoms with van der Waals surface area (Å²) >= 11 is 0. The van der Waals surface area contributed by atoms with Gasteiger partial charge in [-0.15, -0.1) is 0 Å². The fraction of sp³-hybridized carbons (Fsp3) is 0.882. The van der Waals surface area contributed by atoms with Crippen molar-refractivity contribution in [1.29, 1.82) is 0 Å². The van der Waals surface area contributed by atoms with Crippen LogP contribution in [0.5, 0.6) is 0 Å². The molecule has 0 aliphatic carbocycles.